The largest absolute Gasteiger partial charge is 0.396 e. The lowest BCUT2D eigenvalue weighted by Gasteiger charge is -2.37. The Balaban J connectivity index is 1.63. The van der Waals surface area contributed by atoms with E-state index >= 15 is 0 Å². The van der Waals surface area contributed by atoms with Gasteiger partial charge < -0.3 is 25.2 Å². The lowest BCUT2D eigenvalue weighted by Crippen LogP contribution is -2.38. The number of hydrogen-bond donors (Lipinski definition) is 1. The van der Waals surface area contributed by atoms with Crippen LogP contribution in [0.3, 0.4) is 0 Å². The van der Waals surface area contributed by atoms with E-state index in [0.717, 1.165) is 61.8 Å². The van der Waals surface area contributed by atoms with Crippen molar-refractivity contribution in [2.75, 3.05) is 55.4 Å². The van der Waals surface area contributed by atoms with Gasteiger partial charge in [0, 0.05) is 70.6 Å². The first-order chi connectivity index (χ1) is 14.9. The zero-order chi connectivity index (χ0) is 21.7. The Morgan fingerprint density at radius 1 is 1.19 bits per heavy atom. The Morgan fingerprint density at radius 3 is 2.71 bits per heavy atom. The average Bonchev–Trinajstić information content (AvgIpc) is 3.15. The van der Waals surface area contributed by atoms with Crippen molar-refractivity contribution in [3.8, 4) is 0 Å². The predicted octanol–water partition coefficient (Wildman–Crippen LogP) is 2.45. The van der Waals surface area contributed by atoms with Gasteiger partial charge in [0.15, 0.2) is 5.82 Å². The molecule has 31 heavy (non-hydrogen) atoms. The molecule has 0 bridgehead atoms. The second-order valence-electron chi connectivity index (χ2n) is 8.66. The maximum absolute atomic E-state index is 14.5. The summed E-state index contributed by atoms with van der Waals surface area (Å²) in [5.74, 6) is 0.459. The van der Waals surface area contributed by atoms with Crippen LogP contribution < -0.4 is 15.5 Å². The molecule has 0 atom stereocenters. The minimum absolute atomic E-state index is 0.0630. The van der Waals surface area contributed by atoms with Gasteiger partial charge in [-0.1, -0.05) is 0 Å². The normalized spacial score (nSPS) is 19.4. The van der Waals surface area contributed by atoms with E-state index in [1.54, 1.807) is 13.0 Å². The molecule has 1 amide bonds. The molecule has 3 aliphatic heterocycles. The molecule has 0 radical (unpaired) electrons. The van der Waals surface area contributed by atoms with Crippen molar-refractivity contribution < 1.29 is 13.9 Å². The molecule has 3 aliphatic rings. The Kier molecular flexibility index (Phi) is 5.00. The summed E-state index contributed by atoms with van der Waals surface area (Å²) in [7, 11) is 1.99. The molecule has 2 aromatic rings. The van der Waals surface area contributed by atoms with E-state index in [9.17, 15) is 9.18 Å². The maximum atomic E-state index is 14.5. The topological polar surface area (TPSA) is 79.9 Å². The van der Waals surface area contributed by atoms with Gasteiger partial charge in [-0.25, -0.2) is 4.39 Å². The minimum Gasteiger partial charge on any atom is -0.396 e. The third-order valence-corrected chi connectivity index (χ3v) is 6.76. The molecular weight excluding hydrogens is 399 g/mol. The lowest BCUT2D eigenvalue weighted by atomic mass is 10.0. The number of rotatable bonds is 2. The molecular formula is C22H29FN6O2. The van der Waals surface area contributed by atoms with Gasteiger partial charge in [0.25, 0.3) is 0 Å². The Morgan fingerprint density at radius 2 is 1.97 bits per heavy atom. The number of likely N-dealkylation sites (N-methyl/N-ethyl adjacent to an activating group) is 1. The van der Waals surface area contributed by atoms with Gasteiger partial charge in [-0.05, 0) is 18.9 Å². The maximum Gasteiger partial charge on any atom is 0.219 e. The van der Waals surface area contributed by atoms with Crippen LogP contribution in [0, 0.1) is 5.82 Å². The number of carbonyl (C=O) groups excluding carboxylic acids is 1. The SMILES string of the molecule is CC(=O)N1CCc2c(c(N3CCN(C)c4cc(N)c(F)cc43)nn2C2CCOCC2)C1. The molecule has 5 rings (SSSR count). The van der Waals surface area contributed by atoms with Crippen molar-refractivity contribution in [3.63, 3.8) is 0 Å². The molecule has 1 fully saturated rings. The molecule has 0 unspecified atom stereocenters. The van der Waals surface area contributed by atoms with Crippen molar-refractivity contribution in [2.45, 2.75) is 38.8 Å². The predicted molar refractivity (Wildman–Crippen MR) is 117 cm³/mol. The fraction of sp³-hybridized carbons (Fsp3) is 0.545. The van der Waals surface area contributed by atoms with Crippen molar-refractivity contribution >= 4 is 28.8 Å². The summed E-state index contributed by atoms with van der Waals surface area (Å²) >= 11 is 0. The van der Waals surface area contributed by atoms with E-state index in [1.165, 1.54) is 11.8 Å². The third kappa shape index (κ3) is 3.40. The summed E-state index contributed by atoms with van der Waals surface area (Å²) in [6.45, 7) is 5.75. The Hall–Kier alpha value is -2.81. The summed E-state index contributed by atoms with van der Waals surface area (Å²) in [5, 5.41) is 5.09. The molecule has 1 aromatic carbocycles. The van der Waals surface area contributed by atoms with Crippen LogP contribution in [0.15, 0.2) is 12.1 Å². The van der Waals surface area contributed by atoms with Gasteiger partial charge in [0.1, 0.15) is 5.82 Å². The van der Waals surface area contributed by atoms with Gasteiger partial charge in [-0.15, -0.1) is 0 Å². The number of hydrogen-bond acceptors (Lipinski definition) is 6. The molecule has 4 heterocycles. The highest BCUT2D eigenvalue weighted by atomic mass is 19.1. The fourth-order valence-electron chi connectivity index (χ4n) is 4.95. The molecule has 0 spiro atoms. The first kappa shape index (κ1) is 20.1. The van der Waals surface area contributed by atoms with Gasteiger partial charge in [0.05, 0.1) is 29.6 Å². The molecule has 1 saturated heterocycles. The van der Waals surface area contributed by atoms with Crippen molar-refractivity contribution in [3.05, 3.63) is 29.2 Å². The summed E-state index contributed by atoms with van der Waals surface area (Å²) in [6, 6.07) is 3.49. The number of amides is 1. The third-order valence-electron chi connectivity index (χ3n) is 6.76. The number of fused-ring (bicyclic) bond motifs is 2. The zero-order valence-corrected chi connectivity index (χ0v) is 18.1. The van der Waals surface area contributed by atoms with Crippen LogP contribution in [0.2, 0.25) is 0 Å². The molecule has 1 aromatic heterocycles. The zero-order valence-electron chi connectivity index (χ0n) is 18.1. The number of nitrogens with two attached hydrogens (primary N) is 1. The molecule has 0 saturated carbocycles. The van der Waals surface area contributed by atoms with Crippen molar-refractivity contribution in [2.24, 2.45) is 0 Å². The standard InChI is InChI=1S/C22H29FN6O2/c1-14(30)27-6-3-19-16(13-27)22(25-29(19)15-4-9-31-10-5-15)28-8-7-26(2)20-12-18(24)17(23)11-21(20)28/h11-12,15H,3-10,13,24H2,1-2H3. The summed E-state index contributed by atoms with van der Waals surface area (Å²) in [5.41, 5.74) is 9.91. The van der Waals surface area contributed by atoms with E-state index in [2.05, 4.69) is 14.5 Å². The molecule has 0 aliphatic carbocycles. The number of halogens is 1. The van der Waals surface area contributed by atoms with Crippen molar-refractivity contribution in [1.82, 2.24) is 14.7 Å². The van der Waals surface area contributed by atoms with Crippen LogP contribution >= 0.6 is 0 Å². The molecule has 9 heteroatoms. The first-order valence-corrected chi connectivity index (χ1v) is 10.9. The highest BCUT2D eigenvalue weighted by molar-refractivity contribution is 5.82. The monoisotopic (exact) mass is 428 g/mol. The quantitative estimate of drug-likeness (QED) is 0.741. The molecule has 2 N–H and O–H groups in total. The average molecular weight is 429 g/mol. The number of benzene rings is 1. The number of nitrogen functional groups attached to an aromatic ring is 1. The summed E-state index contributed by atoms with van der Waals surface area (Å²) in [4.78, 5) is 18.2. The van der Waals surface area contributed by atoms with E-state index in [4.69, 9.17) is 15.6 Å². The number of aromatic nitrogens is 2. The highest BCUT2D eigenvalue weighted by Crippen LogP contribution is 2.42. The fourth-order valence-corrected chi connectivity index (χ4v) is 4.95. The number of ether oxygens (including phenoxy) is 1. The van der Waals surface area contributed by atoms with Gasteiger partial charge in [-0.3, -0.25) is 9.48 Å². The number of nitrogens with zero attached hydrogens (tertiary/aromatic N) is 5. The van der Waals surface area contributed by atoms with Crippen LogP contribution in [-0.4, -0.2) is 60.5 Å². The Bertz CT molecular complexity index is 1020. The summed E-state index contributed by atoms with van der Waals surface area (Å²) < 4.78 is 22.2. The van der Waals surface area contributed by atoms with Crippen LogP contribution in [0.25, 0.3) is 0 Å². The van der Waals surface area contributed by atoms with Crippen LogP contribution in [0.5, 0.6) is 0 Å². The van der Waals surface area contributed by atoms with Crippen molar-refractivity contribution in [1.29, 1.82) is 0 Å². The van der Waals surface area contributed by atoms with Crippen LogP contribution in [0.4, 0.5) is 27.3 Å². The second-order valence-corrected chi connectivity index (χ2v) is 8.66. The first-order valence-electron chi connectivity index (χ1n) is 10.9. The number of carbonyl (C=O) groups is 1. The molecule has 8 nitrogen and oxygen atoms in total. The van der Waals surface area contributed by atoms with Crippen LogP contribution in [0.1, 0.15) is 37.1 Å². The number of anilines is 4. The minimum atomic E-state index is -0.429. The second kappa shape index (κ2) is 7.71. The molecule has 166 valence electrons. The van der Waals surface area contributed by atoms with Gasteiger partial charge in [-0.2, -0.15) is 5.10 Å². The summed E-state index contributed by atoms with van der Waals surface area (Å²) in [6.07, 6.45) is 2.62. The Labute approximate surface area is 181 Å². The smallest absolute Gasteiger partial charge is 0.219 e. The van der Waals surface area contributed by atoms with E-state index in [-0.39, 0.29) is 17.6 Å². The lowest BCUT2D eigenvalue weighted by molar-refractivity contribution is -0.129. The van der Waals surface area contributed by atoms with E-state index < -0.39 is 5.82 Å². The van der Waals surface area contributed by atoms with E-state index in [1.807, 2.05) is 11.9 Å². The van der Waals surface area contributed by atoms with E-state index in [0.29, 0.717) is 19.6 Å². The van der Waals surface area contributed by atoms with Gasteiger partial charge >= 0.3 is 0 Å². The van der Waals surface area contributed by atoms with Crippen LogP contribution in [-0.2, 0) is 22.5 Å². The highest BCUT2D eigenvalue weighted by Gasteiger charge is 2.34. The van der Waals surface area contributed by atoms with Gasteiger partial charge in [0.2, 0.25) is 5.91 Å².